The molecule has 0 spiro atoms. The van der Waals surface area contributed by atoms with Crippen molar-refractivity contribution >= 4 is 44.5 Å². The van der Waals surface area contributed by atoms with E-state index >= 15 is 0 Å². The van der Waals surface area contributed by atoms with E-state index in [0.29, 0.717) is 23.4 Å². The zero-order valence-corrected chi connectivity index (χ0v) is 22.1. The van der Waals surface area contributed by atoms with E-state index in [2.05, 4.69) is 78.8 Å². The summed E-state index contributed by atoms with van der Waals surface area (Å²) >= 11 is 0. The number of anilines is 5. The number of piperazine rings is 1. The first-order chi connectivity index (χ1) is 17.1. The van der Waals surface area contributed by atoms with Gasteiger partial charge in [-0.2, -0.15) is 14.6 Å². The van der Waals surface area contributed by atoms with E-state index in [4.69, 9.17) is 0 Å². The highest BCUT2D eigenvalue weighted by Crippen LogP contribution is 2.30. The Morgan fingerprint density at radius 2 is 1.75 bits per heavy atom. The molecule has 2 N–H and O–H groups in total. The van der Waals surface area contributed by atoms with Crippen LogP contribution in [-0.2, 0) is 9.73 Å². The second-order valence-corrected chi connectivity index (χ2v) is 11.8. The molecule has 4 rings (SSSR count). The average molecular weight is 506 g/mol. The normalized spacial score (nSPS) is 14.3. The monoisotopic (exact) mass is 505 g/mol. The highest BCUT2D eigenvalue weighted by molar-refractivity contribution is 7.92. The lowest BCUT2D eigenvalue weighted by molar-refractivity contribution is 0.312. The quantitative estimate of drug-likeness (QED) is 0.512. The van der Waals surface area contributed by atoms with E-state index in [1.807, 2.05) is 0 Å². The van der Waals surface area contributed by atoms with Gasteiger partial charge in [0.1, 0.15) is 17.5 Å². The number of hydrogen-bond acceptors (Lipinski definition) is 10. The Kier molecular flexibility index (Phi) is 7.37. The van der Waals surface area contributed by atoms with Gasteiger partial charge in [0.2, 0.25) is 5.95 Å². The molecule has 0 saturated carbocycles. The molecule has 0 atom stereocenters. The molecule has 3 heterocycles. The first kappa shape index (κ1) is 25.3. The van der Waals surface area contributed by atoms with Crippen LogP contribution in [0, 0.1) is 25.2 Å². The van der Waals surface area contributed by atoms with Crippen molar-refractivity contribution in [3.05, 3.63) is 53.2 Å². The number of hydrogen-bond donors (Lipinski definition) is 2. The predicted octanol–water partition coefficient (Wildman–Crippen LogP) is 3.96. The second-order valence-electron chi connectivity index (χ2n) is 9.22. The summed E-state index contributed by atoms with van der Waals surface area (Å²) in [5.74, 6) is 1.45. The zero-order valence-electron chi connectivity index (χ0n) is 21.2. The standard InChI is InChI=1S/C25H31N9OS/c1-17-13-20(14-18(2)23(17)34-11-9-33(3)10-12-34)28-25-27-16-19(15-26)24(31-25)30-21-7-6-8-22(29-21)32-36(4,5)35/h6-8,13-14,16H,9-12H2,1-5H3,(H2,27,28,29,30,31). The van der Waals surface area contributed by atoms with E-state index in [9.17, 15) is 9.47 Å². The number of nitrogens with one attached hydrogen (secondary N) is 2. The first-order valence-electron chi connectivity index (χ1n) is 11.6. The second kappa shape index (κ2) is 10.5. The Bertz CT molecular complexity index is 1400. The molecule has 0 amide bonds. The third-order valence-corrected chi connectivity index (χ3v) is 6.40. The number of benzene rings is 1. The van der Waals surface area contributed by atoms with E-state index < -0.39 is 9.73 Å². The van der Waals surface area contributed by atoms with Crippen molar-refractivity contribution in [2.24, 2.45) is 4.36 Å². The van der Waals surface area contributed by atoms with Gasteiger partial charge in [-0.05, 0) is 56.3 Å². The summed E-state index contributed by atoms with van der Waals surface area (Å²) in [5, 5.41) is 15.9. The van der Waals surface area contributed by atoms with Crippen LogP contribution in [0.2, 0.25) is 0 Å². The summed E-state index contributed by atoms with van der Waals surface area (Å²) in [6.45, 7) is 8.36. The van der Waals surface area contributed by atoms with Gasteiger partial charge < -0.3 is 20.4 Å². The molecule has 10 nitrogen and oxygen atoms in total. The summed E-state index contributed by atoms with van der Waals surface area (Å²) in [7, 11) is -0.195. The highest BCUT2D eigenvalue weighted by Gasteiger charge is 2.18. The van der Waals surface area contributed by atoms with Crippen LogP contribution in [0.25, 0.3) is 0 Å². The maximum atomic E-state index is 12.0. The third-order valence-electron chi connectivity index (χ3n) is 5.77. The summed E-state index contributed by atoms with van der Waals surface area (Å²) in [6.07, 6.45) is 4.56. The molecule has 0 aliphatic carbocycles. The molecular formula is C25H31N9OS. The van der Waals surface area contributed by atoms with Gasteiger partial charge in [0, 0.05) is 59.8 Å². The molecule has 1 saturated heterocycles. The topological polar surface area (TPSA) is 122 Å². The molecule has 188 valence electrons. The van der Waals surface area contributed by atoms with Crippen LogP contribution in [0.3, 0.4) is 0 Å². The Hall–Kier alpha value is -3.75. The molecular weight excluding hydrogens is 474 g/mol. The zero-order chi connectivity index (χ0) is 25.9. The van der Waals surface area contributed by atoms with Crippen LogP contribution in [0.1, 0.15) is 16.7 Å². The van der Waals surface area contributed by atoms with Gasteiger partial charge in [0.05, 0.1) is 6.20 Å². The number of nitriles is 1. The lowest BCUT2D eigenvalue weighted by Crippen LogP contribution is -2.45. The fourth-order valence-electron chi connectivity index (χ4n) is 4.20. The van der Waals surface area contributed by atoms with Gasteiger partial charge >= 0.3 is 0 Å². The molecule has 0 unspecified atom stereocenters. The van der Waals surface area contributed by atoms with Crippen LogP contribution in [0.15, 0.2) is 40.9 Å². The summed E-state index contributed by atoms with van der Waals surface area (Å²) in [6, 6.07) is 11.4. The Labute approximate surface area is 212 Å². The number of nitrogens with zero attached hydrogens (tertiary/aromatic N) is 7. The predicted molar refractivity (Wildman–Crippen MR) is 145 cm³/mol. The van der Waals surface area contributed by atoms with Crippen LogP contribution in [0.4, 0.5) is 34.8 Å². The molecule has 36 heavy (non-hydrogen) atoms. The van der Waals surface area contributed by atoms with Crippen molar-refractivity contribution in [2.45, 2.75) is 13.8 Å². The van der Waals surface area contributed by atoms with Crippen LogP contribution >= 0.6 is 0 Å². The van der Waals surface area contributed by atoms with E-state index in [1.54, 1.807) is 30.7 Å². The lowest BCUT2D eigenvalue weighted by atomic mass is 10.1. The van der Waals surface area contributed by atoms with Gasteiger partial charge in [-0.1, -0.05) is 6.07 Å². The molecule has 1 aliphatic rings. The molecule has 0 radical (unpaired) electrons. The smallest absolute Gasteiger partial charge is 0.229 e. The fourth-order valence-corrected chi connectivity index (χ4v) is 4.75. The van der Waals surface area contributed by atoms with Crippen LogP contribution < -0.4 is 15.5 Å². The molecule has 0 bridgehead atoms. The molecule has 1 aromatic carbocycles. The molecule has 1 aliphatic heterocycles. The fraction of sp³-hybridized carbons (Fsp3) is 0.360. The SMILES string of the molecule is Cc1cc(Nc2ncc(C#N)c(Nc3cccc(N=S(C)(C)=O)n3)n2)cc(C)c1N1CCN(C)CC1. The lowest BCUT2D eigenvalue weighted by Gasteiger charge is -2.36. The van der Waals surface area contributed by atoms with Crippen molar-refractivity contribution in [1.82, 2.24) is 19.9 Å². The van der Waals surface area contributed by atoms with Crippen molar-refractivity contribution in [3.8, 4) is 6.07 Å². The number of rotatable bonds is 6. The highest BCUT2D eigenvalue weighted by atomic mass is 32.2. The van der Waals surface area contributed by atoms with E-state index in [1.165, 1.54) is 23.0 Å². The van der Waals surface area contributed by atoms with Gasteiger partial charge in [-0.25, -0.2) is 14.2 Å². The Morgan fingerprint density at radius 1 is 1.06 bits per heavy atom. The van der Waals surface area contributed by atoms with Crippen molar-refractivity contribution in [1.29, 1.82) is 5.26 Å². The Morgan fingerprint density at radius 3 is 2.39 bits per heavy atom. The minimum atomic E-state index is -2.35. The number of aryl methyl sites for hydroxylation is 2. The van der Waals surface area contributed by atoms with E-state index in [0.717, 1.165) is 31.9 Å². The molecule has 11 heteroatoms. The van der Waals surface area contributed by atoms with Crippen molar-refractivity contribution in [3.63, 3.8) is 0 Å². The first-order valence-corrected chi connectivity index (χ1v) is 13.9. The maximum Gasteiger partial charge on any atom is 0.229 e. The summed E-state index contributed by atoms with van der Waals surface area (Å²) < 4.78 is 16.1. The van der Waals surface area contributed by atoms with Crippen molar-refractivity contribution in [2.75, 3.05) is 61.3 Å². The summed E-state index contributed by atoms with van der Waals surface area (Å²) in [4.78, 5) is 18.0. The number of pyridine rings is 1. The molecule has 3 aromatic rings. The minimum Gasteiger partial charge on any atom is -0.369 e. The van der Waals surface area contributed by atoms with Crippen LogP contribution in [-0.4, -0.2) is 69.8 Å². The average Bonchev–Trinajstić information content (AvgIpc) is 2.79. The largest absolute Gasteiger partial charge is 0.369 e. The summed E-state index contributed by atoms with van der Waals surface area (Å²) in [5.41, 5.74) is 4.79. The van der Waals surface area contributed by atoms with Gasteiger partial charge in [-0.3, -0.25) is 0 Å². The van der Waals surface area contributed by atoms with Gasteiger partial charge in [-0.15, -0.1) is 0 Å². The van der Waals surface area contributed by atoms with Crippen molar-refractivity contribution < 1.29 is 4.21 Å². The minimum absolute atomic E-state index is 0.275. The number of likely N-dealkylation sites (N-methyl/N-ethyl adjacent to an activating group) is 1. The Balaban J connectivity index is 1.57. The number of aromatic nitrogens is 3. The van der Waals surface area contributed by atoms with Gasteiger partial charge in [0.25, 0.3) is 0 Å². The van der Waals surface area contributed by atoms with Crippen LogP contribution in [0.5, 0.6) is 0 Å². The molecule has 1 fully saturated rings. The molecule has 2 aromatic heterocycles. The maximum absolute atomic E-state index is 12.0. The van der Waals surface area contributed by atoms with E-state index in [-0.39, 0.29) is 5.56 Å². The van der Waals surface area contributed by atoms with Gasteiger partial charge in [0.15, 0.2) is 11.6 Å². The third kappa shape index (κ3) is 6.27.